The van der Waals surface area contributed by atoms with Gasteiger partial charge in [-0.3, -0.25) is 0 Å². The molecule has 2 amide bonds. The minimum absolute atomic E-state index is 0.00546. The van der Waals surface area contributed by atoms with E-state index >= 15 is 0 Å². The molecule has 0 radical (unpaired) electrons. The maximum absolute atomic E-state index is 13.0. The molecular weight excluding hydrogens is 271 g/mol. The van der Waals surface area contributed by atoms with Crippen molar-refractivity contribution in [3.8, 4) is 0 Å². The number of benzene rings is 1. The smallest absolute Gasteiger partial charge is 0.319 e. The van der Waals surface area contributed by atoms with Crippen LogP contribution in [0.25, 0.3) is 0 Å². The summed E-state index contributed by atoms with van der Waals surface area (Å²) in [6.45, 7) is 3.91. The van der Waals surface area contributed by atoms with Crippen LogP contribution >= 0.6 is 11.6 Å². The van der Waals surface area contributed by atoms with Crippen LogP contribution in [0.3, 0.4) is 0 Å². The minimum atomic E-state index is -0.534. The summed E-state index contributed by atoms with van der Waals surface area (Å²) in [5.41, 5.74) is 0.412. The van der Waals surface area contributed by atoms with Gasteiger partial charge in [0.2, 0.25) is 0 Å². The monoisotopic (exact) mass is 288 g/mol. The summed E-state index contributed by atoms with van der Waals surface area (Å²) in [5, 5.41) is 14.2. The first-order valence-corrected chi connectivity index (χ1v) is 6.45. The van der Waals surface area contributed by atoms with Crippen molar-refractivity contribution in [1.29, 1.82) is 0 Å². The van der Waals surface area contributed by atoms with Crippen molar-refractivity contribution in [2.24, 2.45) is 5.92 Å². The van der Waals surface area contributed by atoms with Crippen molar-refractivity contribution < 1.29 is 14.3 Å². The van der Waals surface area contributed by atoms with Crippen LogP contribution in [-0.4, -0.2) is 23.8 Å². The van der Waals surface area contributed by atoms with Crippen molar-refractivity contribution in [1.82, 2.24) is 5.32 Å². The van der Waals surface area contributed by atoms with Gasteiger partial charge in [0.25, 0.3) is 0 Å². The molecule has 1 aromatic rings. The van der Waals surface area contributed by atoms with E-state index in [-0.39, 0.29) is 23.6 Å². The third-order valence-corrected chi connectivity index (χ3v) is 3.03. The van der Waals surface area contributed by atoms with E-state index in [9.17, 15) is 9.18 Å². The van der Waals surface area contributed by atoms with Crippen LogP contribution in [0.15, 0.2) is 18.2 Å². The van der Waals surface area contributed by atoms with Gasteiger partial charge in [-0.2, -0.15) is 0 Å². The van der Waals surface area contributed by atoms with E-state index < -0.39 is 11.8 Å². The fraction of sp³-hybridized carbons (Fsp3) is 0.462. The molecule has 0 aliphatic rings. The highest BCUT2D eigenvalue weighted by Crippen LogP contribution is 2.19. The number of hydrogen-bond donors (Lipinski definition) is 3. The second-order valence-corrected chi connectivity index (χ2v) is 5.00. The van der Waals surface area contributed by atoms with E-state index in [1.165, 1.54) is 18.2 Å². The standard InChI is InChI=1S/C13H18ClFN2O2/c1-8(2)12(5-6-18)17-13(19)16-9-3-4-11(15)10(14)7-9/h3-4,7-8,12,18H,5-6H2,1-2H3,(H2,16,17,19). The van der Waals surface area contributed by atoms with Crippen LogP contribution < -0.4 is 10.6 Å². The molecule has 1 atom stereocenters. The fourth-order valence-corrected chi connectivity index (χ4v) is 1.80. The Morgan fingerprint density at radius 1 is 1.47 bits per heavy atom. The highest BCUT2D eigenvalue weighted by molar-refractivity contribution is 6.31. The lowest BCUT2D eigenvalue weighted by atomic mass is 10.0. The lowest BCUT2D eigenvalue weighted by molar-refractivity contribution is 0.227. The minimum Gasteiger partial charge on any atom is -0.396 e. The van der Waals surface area contributed by atoms with Gasteiger partial charge >= 0.3 is 6.03 Å². The summed E-state index contributed by atoms with van der Waals surface area (Å²) in [6.07, 6.45) is 0.481. The van der Waals surface area contributed by atoms with E-state index in [1.807, 2.05) is 13.8 Å². The van der Waals surface area contributed by atoms with Gasteiger partial charge in [0.1, 0.15) is 5.82 Å². The van der Waals surface area contributed by atoms with Gasteiger partial charge in [0.15, 0.2) is 0 Å². The fourth-order valence-electron chi connectivity index (χ4n) is 1.62. The summed E-state index contributed by atoms with van der Waals surface area (Å²) in [7, 11) is 0. The molecule has 3 N–H and O–H groups in total. The van der Waals surface area contributed by atoms with Crippen LogP contribution in [0.2, 0.25) is 5.02 Å². The summed E-state index contributed by atoms with van der Waals surface area (Å²) in [5.74, 6) is -0.331. The van der Waals surface area contributed by atoms with Crippen LogP contribution in [0.4, 0.5) is 14.9 Å². The number of halogens is 2. The Hall–Kier alpha value is -1.33. The Bertz CT molecular complexity index is 441. The third-order valence-electron chi connectivity index (χ3n) is 2.74. The SMILES string of the molecule is CC(C)C(CCO)NC(=O)Nc1ccc(F)c(Cl)c1. The second kappa shape index (κ2) is 7.31. The number of carbonyl (C=O) groups excluding carboxylic acids is 1. The Balaban J connectivity index is 2.61. The largest absolute Gasteiger partial charge is 0.396 e. The van der Waals surface area contributed by atoms with Gasteiger partial charge in [-0.15, -0.1) is 0 Å². The quantitative estimate of drug-likeness (QED) is 0.780. The number of anilines is 1. The van der Waals surface area contributed by atoms with Crippen LogP contribution in [0, 0.1) is 11.7 Å². The lowest BCUT2D eigenvalue weighted by Gasteiger charge is -2.21. The normalized spacial score (nSPS) is 12.3. The van der Waals surface area contributed by atoms with Gasteiger partial charge in [-0.1, -0.05) is 25.4 Å². The Kier molecular flexibility index (Phi) is 6.05. The molecule has 0 bridgehead atoms. The van der Waals surface area contributed by atoms with Crippen molar-refractivity contribution in [2.75, 3.05) is 11.9 Å². The predicted octanol–water partition coefficient (Wildman–Crippen LogP) is 3.01. The molecule has 19 heavy (non-hydrogen) atoms. The third kappa shape index (κ3) is 5.04. The maximum Gasteiger partial charge on any atom is 0.319 e. The number of hydrogen-bond acceptors (Lipinski definition) is 2. The molecule has 1 unspecified atom stereocenters. The molecule has 0 spiro atoms. The number of nitrogens with one attached hydrogen (secondary N) is 2. The van der Waals surface area contributed by atoms with E-state index in [0.29, 0.717) is 12.1 Å². The first kappa shape index (κ1) is 15.7. The number of rotatable bonds is 5. The topological polar surface area (TPSA) is 61.4 Å². The molecule has 106 valence electrons. The molecule has 6 heteroatoms. The van der Waals surface area contributed by atoms with Crippen LogP contribution in [0.1, 0.15) is 20.3 Å². The van der Waals surface area contributed by atoms with Crippen LogP contribution in [0.5, 0.6) is 0 Å². The predicted molar refractivity (Wildman–Crippen MR) is 73.9 cm³/mol. The van der Waals surface area contributed by atoms with E-state index in [4.69, 9.17) is 16.7 Å². The highest BCUT2D eigenvalue weighted by atomic mass is 35.5. The van der Waals surface area contributed by atoms with E-state index in [0.717, 1.165) is 0 Å². The average molecular weight is 289 g/mol. The highest BCUT2D eigenvalue weighted by Gasteiger charge is 2.15. The molecule has 0 saturated heterocycles. The molecule has 0 aromatic heterocycles. The Morgan fingerprint density at radius 3 is 2.68 bits per heavy atom. The van der Waals surface area contributed by atoms with E-state index in [2.05, 4.69) is 10.6 Å². The zero-order valence-electron chi connectivity index (χ0n) is 10.9. The first-order valence-electron chi connectivity index (χ1n) is 6.07. The number of aliphatic hydroxyl groups is 1. The summed E-state index contributed by atoms with van der Waals surface area (Å²) >= 11 is 5.62. The zero-order chi connectivity index (χ0) is 14.4. The first-order chi connectivity index (χ1) is 8.93. The molecular formula is C13H18ClFN2O2. The molecule has 0 aliphatic heterocycles. The summed E-state index contributed by atoms with van der Waals surface area (Å²) < 4.78 is 13.0. The van der Waals surface area contributed by atoms with E-state index in [1.54, 1.807) is 0 Å². The molecule has 0 fully saturated rings. The van der Waals surface area contributed by atoms with Crippen molar-refractivity contribution in [2.45, 2.75) is 26.3 Å². The lowest BCUT2D eigenvalue weighted by Crippen LogP contribution is -2.41. The van der Waals surface area contributed by atoms with Crippen molar-refractivity contribution in [3.05, 3.63) is 29.0 Å². The number of amides is 2. The second-order valence-electron chi connectivity index (χ2n) is 4.59. The number of urea groups is 1. The van der Waals surface area contributed by atoms with Crippen molar-refractivity contribution >= 4 is 23.3 Å². The molecule has 4 nitrogen and oxygen atoms in total. The average Bonchev–Trinajstić information content (AvgIpc) is 2.33. The van der Waals surface area contributed by atoms with Gasteiger partial charge in [-0.05, 0) is 30.5 Å². The van der Waals surface area contributed by atoms with Crippen LogP contribution in [-0.2, 0) is 0 Å². The molecule has 0 aliphatic carbocycles. The molecule has 0 saturated carbocycles. The zero-order valence-corrected chi connectivity index (χ0v) is 11.7. The van der Waals surface area contributed by atoms with Gasteiger partial charge in [0, 0.05) is 18.3 Å². The number of aliphatic hydroxyl groups excluding tert-OH is 1. The molecule has 0 heterocycles. The summed E-state index contributed by atoms with van der Waals surface area (Å²) in [6, 6.07) is 3.42. The molecule has 1 aromatic carbocycles. The number of carbonyl (C=O) groups is 1. The van der Waals surface area contributed by atoms with Gasteiger partial charge in [-0.25, -0.2) is 9.18 Å². The summed E-state index contributed by atoms with van der Waals surface area (Å²) in [4.78, 5) is 11.8. The van der Waals surface area contributed by atoms with Gasteiger partial charge < -0.3 is 15.7 Å². The Labute approximate surface area is 117 Å². The molecule has 1 rings (SSSR count). The maximum atomic E-state index is 13.0. The Morgan fingerprint density at radius 2 is 2.16 bits per heavy atom. The van der Waals surface area contributed by atoms with Gasteiger partial charge in [0.05, 0.1) is 5.02 Å². The van der Waals surface area contributed by atoms with Crippen molar-refractivity contribution in [3.63, 3.8) is 0 Å².